The normalized spacial score (nSPS) is 10.9. The molecular formula is C26H27ClN4O5. The van der Waals surface area contributed by atoms with Crippen LogP contribution in [-0.2, 0) is 13.2 Å². The van der Waals surface area contributed by atoms with Crippen LogP contribution in [0.4, 0.5) is 0 Å². The van der Waals surface area contributed by atoms with Crippen LogP contribution in [0, 0.1) is 13.8 Å². The fourth-order valence-electron chi connectivity index (χ4n) is 3.71. The largest absolute Gasteiger partial charge is 0.493 e. The van der Waals surface area contributed by atoms with Gasteiger partial charge in [0.2, 0.25) is 11.8 Å². The SMILES string of the molecule is CCCN(Cc1nnc(-c2ccccc2Cl)o1)C(=O)c1ccc(OCc2c(C)noc2C)c(OC)c1. The van der Waals surface area contributed by atoms with Gasteiger partial charge in [0.05, 0.1) is 35.5 Å². The average Bonchev–Trinajstić information content (AvgIpc) is 3.48. The lowest BCUT2D eigenvalue weighted by Gasteiger charge is -2.21. The number of halogens is 1. The van der Waals surface area contributed by atoms with E-state index in [0.29, 0.717) is 51.7 Å². The van der Waals surface area contributed by atoms with Gasteiger partial charge >= 0.3 is 0 Å². The van der Waals surface area contributed by atoms with Crippen LogP contribution in [-0.4, -0.2) is 39.8 Å². The number of ether oxygens (including phenoxy) is 2. The Labute approximate surface area is 214 Å². The molecule has 0 bridgehead atoms. The second kappa shape index (κ2) is 11.3. The maximum Gasteiger partial charge on any atom is 0.254 e. The van der Waals surface area contributed by atoms with Gasteiger partial charge in [-0.25, -0.2) is 0 Å². The molecule has 0 unspecified atom stereocenters. The molecule has 4 rings (SSSR count). The Kier molecular flexibility index (Phi) is 7.90. The van der Waals surface area contributed by atoms with Crippen molar-refractivity contribution < 1.29 is 23.2 Å². The number of nitrogens with zero attached hydrogens (tertiary/aromatic N) is 4. The van der Waals surface area contributed by atoms with Crippen LogP contribution in [0.2, 0.25) is 5.02 Å². The molecule has 0 aliphatic carbocycles. The second-order valence-electron chi connectivity index (χ2n) is 8.16. The maximum atomic E-state index is 13.4. The predicted octanol–water partition coefficient (Wildman–Crippen LogP) is 5.63. The monoisotopic (exact) mass is 510 g/mol. The van der Waals surface area contributed by atoms with Gasteiger partial charge in [0, 0.05) is 12.1 Å². The third-order valence-corrected chi connectivity index (χ3v) is 5.97. The van der Waals surface area contributed by atoms with Crippen molar-refractivity contribution in [2.24, 2.45) is 0 Å². The summed E-state index contributed by atoms with van der Waals surface area (Å²) in [5, 5.41) is 12.7. The van der Waals surface area contributed by atoms with Crippen molar-refractivity contribution in [2.45, 2.75) is 40.3 Å². The highest BCUT2D eigenvalue weighted by Gasteiger charge is 2.21. The molecular weight excluding hydrogens is 484 g/mol. The molecule has 0 atom stereocenters. The van der Waals surface area contributed by atoms with Gasteiger partial charge in [-0.3, -0.25) is 4.79 Å². The maximum absolute atomic E-state index is 13.4. The molecule has 0 N–H and O–H groups in total. The fraction of sp³-hybridized carbons (Fsp3) is 0.308. The number of aryl methyl sites for hydroxylation is 2. The Morgan fingerprint density at radius 3 is 2.61 bits per heavy atom. The molecule has 10 heteroatoms. The van der Waals surface area contributed by atoms with E-state index in [2.05, 4.69) is 15.4 Å². The molecule has 0 saturated heterocycles. The summed E-state index contributed by atoms with van der Waals surface area (Å²) in [7, 11) is 1.53. The highest BCUT2D eigenvalue weighted by Crippen LogP contribution is 2.31. The van der Waals surface area contributed by atoms with Gasteiger partial charge in [0.1, 0.15) is 12.4 Å². The van der Waals surface area contributed by atoms with E-state index in [9.17, 15) is 4.79 Å². The van der Waals surface area contributed by atoms with E-state index in [1.54, 1.807) is 35.2 Å². The zero-order valence-electron chi connectivity index (χ0n) is 20.6. The molecule has 0 aliphatic rings. The molecule has 36 heavy (non-hydrogen) atoms. The molecule has 0 aliphatic heterocycles. The topological polar surface area (TPSA) is 104 Å². The molecule has 0 spiro atoms. The second-order valence-corrected chi connectivity index (χ2v) is 8.57. The van der Waals surface area contributed by atoms with Crippen molar-refractivity contribution in [3.8, 4) is 23.0 Å². The Morgan fingerprint density at radius 1 is 1.11 bits per heavy atom. The predicted molar refractivity (Wildman–Crippen MR) is 133 cm³/mol. The minimum atomic E-state index is -0.190. The van der Waals surface area contributed by atoms with E-state index in [1.165, 1.54) is 7.11 Å². The number of hydrogen-bond acceptors (Lipinski definition) is 8. The minimum Gasteiger partial charge on any atom is -0.493 e. The van der Waals surface area contributed by atoms with Gasteiger partial charge in [0.25, 0.3) is 5.91 Å². The summed E-state index contributed by atoms with van der Waals surface area (Å²) in [6.45, 7) is 6.64. The van der Waals surface area contributed by atoms with E-state index in [0.717, 1.165) is 17.7 Å². The van der Waals surface area contributed by atoms with Crippen LogP contribution >= 0.6 is 11.6 Å². The van der Waals surface area contributed by atoms with Crippen LogP contribution in [0.1, 0.15) is 46.6 Å². The number of carbonyl (C=O) groups is 1. The fourth-order valence-corrected chi connectivity index (χ4v) is 3.92. The van der Waals surface area contributed by atoms with Crippen molar-refractivity contribution in [3.05, 3.63) is 76.0 Å². The lowest BCUT2D eigenvalue weighted by molar-refractivity contribution is 0.0728. The number of methoxy groups -OCH3 is 1. The Hall–Kier alpha value is -3.85. The number of amides is 1. The van der Waals surface area contributed by atoms with E-state index >= 15 is 0 Å². The van der Waals surface area contributed by atoms with Gasteiger partial charge < -0.3 is 23.3 Å². The van der Waals surface area contributed by atoms with Crippen LogP contribution in [0.15, 0.2) is 51.4 Å². The first-order valence-electron chi connectivity index (χ1n) is 11.5. The smallest absolute Gasteiger partial charge is 0.254 e. The lowest BCUT2D eigenvalue weighted by Crippen LogP contribution is -2.31. The molecule has 2 heterocycles. The first-order chi connectivity index (χ1) is 17.4. The van der Waals surface area contributed by atoms with E-state index in [4.69, 9.17) is 30.0 Å². The zero-order valence-corrected chi connectivity index (χ0v) is 21.3. The van der Waals surface area contributed by atoms with Crippen LogP contribution in [0.3, 0.4) is 0 Å². The van der Waals surface area contributed by atoms with E-state index < -0.39 is 0 Å². The summed E-state index contributed by atoms with van der Waals surface area (Å²) >= 11 is 6.24. The summed E-state index contributed by atoms with van der Waals surface area (Å²) in [5.41, 5.74) is 2.74. The first-order valence-corrected chi connectivity index (χ1v) is 11.9. The lowest BCUT2D eigenvalue weighted by atomic mass is 10.1. The van der Waals surface area contributed by atoms with Gasteiger partial charge in [0.15, 0.2) is 11.5 Å². The summed E-state index contributed by atoms with van der Waals surface area (Å²) < 4.78 is 22.4. The van der Waals surface area contributed by atoms with Crippen molar-refractivity contribution in [3.63, 3.8) is 0 Å². The molecule has 0 fully saturated rings. The summed E-state index contributed by atoms with van der Waals surface area (Å²) in [4.78, 5) is 15.0. The van der Waals surface area contributed by atoms with Gasteiger partial charge in [-0.1, -0.05) is 35.8 Å². The van der Waals surface area contributed by atoms with Crippen LogP contribution in [0.25, 0.3) is 11.5 Å². The minimum absolute atomic E-state index is 0.163. The highest BCUT2D eigenvalue weighted by atomic mass is 35.5. The third kappa shape index (κ3) is 5.52. The summed E-state index contributed by atoms with van der Waals surface area (Å²) in [6.07, 6.45) is 0.757. The molecule has 0 saturated carbocycles. The number of benzene rings is 2. The molecule has 0 radical (unpaired) electrons. The molecule has 188 valence electrons. The number of aromatic nitrogens is 3. The summed E-state index contributed by atoms with van der Waals surface area (Å²) in [5.74, 6) is 2.09. The van der Waals surface area contributed by atoms with Crippen LogP contribution in [0.5, 0.6) is 11.5 Å². The third-order valence-electron chi connectivity index (χ3n) is 5.64. The van der Waals surface area contributed by atoms with Gasteiger partial charge in [-0.15, -0.1) is 10.2 Å². The van der Waals surface area contributed by atoms with Crippen molar-refractivity contribution in [1.29, 1.82) is 0 Å². The quantitative estimate of drug-likeness (QED) is 0.270. The molecule has 1 amide bonds. The van der Waals surface area contributed by atoms with Gasteiger partial charge in [-0.2, -0.15) is 0 Å². The van der Waals surface area contributed by atoms with Crippen molar-refractivity contribution >= 4 is 17.5 Å². The Bertz CT molecular complexity index is 1330. The standard InChI is InChI=1S/C26H27ClN4O5/c1-5-12-31(14-24-28-29-25(35-24)19-8-6-7-9-21(19)27)26(32)18-10-11-22(23(13-18)33-4)34-15-20-16(2)30-36-17(20)3/h6-11,13H,5,12,14-15H2,1-4H3. The molecule has 2 aromatic carbocycles. The average molecular weight is 511 g/mol. The molecule has 2 aromatic heterocycles. The molecule has 9 nitrogen and oxygen atoms in total. The number of rotatable bonds is 10. The first kappa shape index (κ1) is 25.2. The summed E-state index contributed by atoms with van der Waals surface area (Å²) in [6, 6.07) is 12.3. The van der Waals surface area contributed by atoms with Crippen LogP contribution < -0.4 is 9.47 Å². The molecule has 4 aromatic rings. The van der Waals surface area contributed by atoms with Crippen molar-refractivity contribution in [1.82, 2.24) is 20.3 Å². The van der Waals surface area contributed by atoms with E-state index in [-0.39, 0.29) is 19.1 Å². The van der Waals surface area contributed by atoms with E-state index in [1.807, 2.05) is 32.9 Å². The Balaban J connectivity index is 1.50. The Morgan fingerprint density at radius 2 is 1.92 bits per heavy atom. The zero-order chi connectivity index (χ0) is 25.7. The highest BCUT2D eigenvalue weighted by molar-refractivity contribution is 6.33. The number of hydrogen-bond donors (Lipinski definition) is 0. The van der Waals surface area contributed by atoms with Crippen molar-refractivity contribution in [2.75, 3.05) is 13.7 Å². The number of carbonyl (C=O) groups excluding carboxylic acids is 1. The van der Waals surface area contributed by atoms with Gasteiger partial charge in [-0.05, 0) is 50.6 Å².